The molecule has 1 atom stereocenters. The van der Waals surface area contributed by atoms with Gasteiger partial charge in [0, 0.05) is 5.92 Å². The van der Waals surface area contributed by atoms with Gasteiger partial charge in [0.25, 0.3) is 0 Å². The Morgan fingerprint density at radius 2 is 1.84 bits per heavy atom. The first kappa shape index (κ1) is 12.4. The van der Waals surface area contributed by atoms with Gasteiger partial charge in [0.15, 0.2) is 5.82 Å². The maximum Gasteiger partial charge on any atom is 0.171 e. The fourth-order valence-electron chi connectivity index (χ4n) is 2.80. The van der Waals surface area contributed by atoms with E-state index in [1.54, 1.807) is 0 Å². The van der Waals surface area contributed by atoms with Gasteiger partial charge in [0.05, 0.1) is 6.04 Å². The zero-order chi connectivity index (χ0) is 13.1. The average molecular weight is 256 g/mol. The van der Waals surface area contributed by atoms with Gasteiger partial charge in [0.2, 0.25) is 0 Å². The Morgan fingerprint density at radius 1 is 1.11 bits per heavy atom. The van der Waals surface area contributed by atoms with Crippen molar-refractivity contribution in [2.75, 3.05) is 0 Å². The van der Waals surface area contributed by atoms with E-state index in [1.807, 2.05) is 30.3 Å². The van der Waals surface area contributed by atoms with E-state index in [0.717, 1.165) is 11.4 Å². The van der Waals surface area contributed by atoms with Crippen LogP contribution in [0.2, 0.25) is 0 Å². The number of H-pyrrole nitrogens is 1. The summed E-state index contributed by atoms with van der Waals surface area (Å²) in [5, 5.41) is 7.39. The van der Waals surface area contributed by atoms with Gasteiger partial charge in [0.1, 0.15) is 5.82 Å². The average Bonchev–Trinajstić information content (AvgIpc) is 2.98. The Morgan fingerprint density at radius 3 is 2.58 bits per heavy atom. The first-order valence-corrected chi connectivity index (χ1v) is 7.07. The van der Waals surface area contributed by atoms with Gasteiger partial charge in [-0.15, -0.1) is 0 Å². The van der Waals surface area contributed by atoms with Crippen molar-refractivity contribution in [3.05, 3.63) is 47.5 Å². The highest BCUT2D eigenvalue weighted by molar-refractivity contribution is 5.24. The summed E-state index contributed by atoms with van der Waals surface area (Å²) >= 11 is 0. The van der Waals surface area contributed by atoms with Crippen LogP contribution in [0.25, 0.3) is 0 Å². The third-order valence-corrected chi connectivity index (χ3v) is 3.95. The summed E-state index contributed by atoms with van der Waals surface area (Å²) < 4.78 is 0. The van der Waals surface area contributed by atoms with E-state index < -0.39 is 0 Å². The number of nitrogens with one attached hydrogen (secondary N) is 1. The lowest BCUT2D eigenvalue weighted by molar-refractivity contribution is 0.429. The van der Waals surface area contributed by atoms with Gasteiger partial charge in [-0.05, 0) is 18.4 Å². The molecule has 1 saturated carbocycles. The number of aromatic nitrogens is 3. The van der Waals surface area contributed by atoms with E-state index in [2.05, 4.69) is 15.2 Å². The Labute approximate surface area is 113 Å². The van der Waals surface area contributed by atoms with Gasteiger partial charge in [-0.3, -0.25) is 5.10 Å². The minimum absolute atomic E-state index is 0.241. The van der Waals surface area contributed by atoms with E-state index in [4.69, 9.17) is 5.73 Å². The zero-order valence-electron chi connectivity index (χ0n) is 11.0. The lowest BCUT2D eigenvalue weighted by Crippen LogP contribution is -2.13. The molecule has 2 aromatic rings. The molecule has 100 valence electrons. The van der Waals surface area contributed by atoms with Crippen molar-refractivity contribution < 1.29 is 0 Å². The van der Waals surface area contributed by atoms with Crippen LogP contribution in [0, 0.1) is 0 Å². The van der Waals surface area contributed by atoms with Gasteiger partial charge in [-0.1, -0.05) is 49.6 Å². The summed E-state index contributed by atoms with van der Waals surface area (Å²) in [6.45, 7) is 0. The van der Waals surface area contributed by atoms with Crippen LogP contribution in [-0.4, -0.2) is 15.2 Å². The fraction of sp³-hybridized carbons (Fsp3) is 0.467. The SMILES string of the molecule is N[C@H](c1ccccc1)c1n[nH]c(C2CCCCC2)n1. The maximum absolute atomic E-state index is 6.21. The molecular formula is C15H20N4. The van der Waals surface area contributed by atoms with E-state index in [9.17, 15) is 0 Å². The van der Waals surface area contributed by atoms with Gasteiger partial charge in [-0.25, -0.2) is 4.98 Å². The Hall–Kier alpha value is -1.68. The molecule has 1 aliphatic carbocycles. The number of nitrogens with two attached hydrogens (primary N) is 1. The van der Waals surface area contributed by atoms with Gasteiger partial charge < -0.3 is 5.73 Å². The van der Waals surface area contributed by atoms with Crippen molar-refractivity contribution in [1.29, 1.82) is 0 Å². The van der Waals surface area contributed by atoms with Crippen molar-refractivity contribution in [2.24, 2.45) is 5.73 Å². The van der Waals surface area contributed by atoms with Crippen molar-refractivity contribution >= 4 is 0 Å². The smallest absolute Gasteiger partial charge is 0.171 e. The summed E-state index contributed by atoms with van der Waals surface area (Å²) in [6.07, 6.45) is 6.38. The Bertz CT molecular complexity index is 514. The van der Waals surface area contributed by atoms with Crippen LogP contribution in [0.4, 0.5) is 0 Å². The van der Waals surface area contributed by atoms with Crippen LogP contribution in [0.5, 0.6) is 0 Å². The fourth-order valence-corrected chi connectivity index (χ4v) is 2.80. The lowest BCUT2D eigenvalue weighted by Gasteiger charge is -2.18. The molecule has 1 fully saturated rings. The van der Waals surface area contributed by atoms with Crippen LogP contribution >= 0.6 is 0 Å². The summed E-state index contributed by atoms with van der Waals surface area (Å²) in [6, 6.07) is 9.76. The second-order valence-corrected chi connectivity index (χ2v) is 5.30. The monoisotopic (exact) mass is 256 g/mol. The summed E-state index contributed by atoms with van der Waals surface area (Å²) in [4.78, 5) is 4.62. The molecule has 3 N–H and O–H groups in total. The van der Waals surface area contributed by atoms with Crippen LogP contribution in [0.3, 0.4) is 0 Å². The van der Waals surface area contributed by atoms with Crippen molar-refractivity contribution in [1.82, 2.24) is 15.2 Å². The number of nitrogens with zero attached hydrogens (tertiary/aromatic N) is 2. The van der Waals surface area contributed by atoms with E-state index >= 15 is 0 Å². The van der Waals surface area contributed by atoms with Gasteiger partial charge in [-0.2, -0.15) is 5.10 Å². The highest BCUT2D eigenvalue weighted by atomic mass is 15.2. The number of aromatic amines is 1. The minimum Gasteiger partial charge on any atom is -0.318 e. The largest absolute Gasteiger partial charge is 0.318 e. The lowest BCUT2D eigenvalue weighted by atomic mass is 9.89. The van der Waals surface area contributed by atoms with Crippen LogP contribution in [0.1, 0.15) is 61.3 Å². The second-order valence-electron chi connectivity index (χ2n) is 5.30. The molecule has 0 saturated heterocycles. The first-order chi connectivity index (χ1) is 9.34. The molecule has 1 aromatic heterocycles. The quantitative estimate of drug-likeness (QED) is 0.887. The predicted octanol–water partition coefficient (Wildman–Crippen LogP) is 2.90. The molecular weight excluding hydrogens is 236 g/mol. The molecule has 4 nitrogen and oxygen atoms in total. The molecule has 0 bridgehead atoms. The maximum atomic E-state index is 6.21. The number of hydrogen-bond donors (Lipinski definition) is 2. The van der Waals surface area contributed by atoms with E-state index in [0.29, 0.717) is 11.7 Å². The second kappa shape index (κ2) is 5.53. The number of hydrogen-bond acceptors (Lipinski definition) is 3. The topological polar surface area (TPSA) is 67.6 Å². The van der Waals surface area contributed by atoms with Crippen LogP contribution in [-0.2, 0) is 0 Å². The van der Waals surface area contributed by atoms with Gasteiger partial charge >= 0.3 is 0 Å². The molecule has 1 heterocycles. The van der Waals surface area contributed by atoms with Crippen molar-refractivity contribution in [2.45, 2.75) is 44.1 Å². The Balaban J connectivity index is 1.77. The van der Waals surface area contributed by atoms with Crippen LogP contribution in [0.15, 0.2) is 30.3 Å². The standard InChI is InChI=1S/C15H20N4/c16-13(11-7-3-1-4-8-11)15-17-14(18-19-15)12-9-5-2-6-10-12/h1,3-4,7-8,12-13H,2,5-6,9-10,16H2,(H,17,18,19)/t13-/m1/s1. The predicted molar refractivity (Wildman–Crippen MR) is 74.7 cm³/mol. The summed E-state index contributed by atoms with van der Waals surface area (Å²) in [5.41, 5.74) is 7.27. The Kier molecular flexibility index (Phi) is 3.60. The third-order valence-electron chi connectivity index (χ3n) is 3.95. The highest BCUT2D eigenvalue weighted by Gasteiger charge is 2.21. The molecule has 0 amide bonds. The van der Waals surface area contributed by atoms with Crippen molar-refractivity contribution in [3.8, 4) is 0 Å². The highest BCUT2D eigenvalue weighted by Crippen LogP contribution is 2.31. The molecule has 0 spiro atoms. The molecule has 1 aliphatic rings. The molecule has 1 aromatic carbocycles. The third kappa shape index (κ3) is 2.68. The number of benzene rings is 1. The molecule has 0 unspecified atom stereocenters. The van der Waals surface area contributed by atoms with E-state index in [-0.39, 0.29) is 6.04 Å². The van der Waals surface area contributed by atoms with Crippen LogP contribution < -0.4 is 5.73 Å². The number of rotatable bonds is 3. The normalized spacial score (nSPS) is 18.4. The molecule has 4 heteroatoms. The molecule has 3 rings (SSSR count). The molecule has 19 heavy (non-hydrogen) atoms. The first-order valence-electron chi connectivity index (χ1n) is 7.07. The zero-order valence-corrected chi connectivity index (χ0v) is 11.0. The molecule has 0 aliphatic heterocycles. The van der Waals surface area contributed by atoms with Crippen molar-refractivity contribution in [3.63, 3.8) is 0 Å². The minimum atomic E-state index is -0.241. The summed E-state index contributed by atoms with van der Waals surface area (Å²) in [7, 11) is 0. The van der Waals surface area contributed by atoms with E-state index in [1.165, 1.54) is 32.1 Å². The molecule has 0 radical (unpaired) electrons. The summed E-state index contributed by atoms with van der Waals surface area (Å²) in [5.74, 6) is 2.26.